The van der Waals surface area contributed by atoms with Gasteiger partial charge in [0.2, 0.25) is 0 Å². The largest absolute Gasteiger partial charge is 0.508 e. The number of halogens is 1. The first-order chi connectivity index (χ1) is 11.6. The van der Waals surface area contributed by atoms with E-state index in [1.165, 1.54) is 30.5 Å². The van der Waals surface area contributed by atoms with Crippen molar-refractivity contribution in [3.8, 4) is 17.1 Å². The summed E-state index contributed by atoms with van der Waals surface area (Å²) in [7, 11) is 0. The Balaban J connectivity index is 1.64. The second-order valence-corrected chi connectivity index (χ2v) is 5.39. The van der Waals surface area contributed by atoms with Gasteiger partial charge >= 0.3 is 0 Å². The number of phenolic OH excluding ortho intramolecular Hbond substituents is 1. The molecule has 5 nitrogen and oxygen atoms in total. The molecule has 2 aromatic carbocycles. The van der Waals surface area contributed by atoms with Gasteiger partial charge in [0, 0.05) is 16.1 Å². The van der Waals surface area contributed by atoms with Gasteiger partial charge in [-0.1, -0.05) is 11.6 Å². The highest BCUT2D eigenvalue weighted by Gasteiger charge is 2.05. The van der Waals surface area contributed by atoms with E-state index in [1.807, 2.05) is 18.2 Å². The monoisotopic (exact) mass is 340 g/mol. The van der Waals surface area contributed by atoms with Crippen LogP contribution in [-0.2, 0) is 0 Å². The third-order valence-electron chi connectivity index (χ3n) is 3.24. The predicted molar refractivity (Wildman–Crippen MR) is 92.3 cm³/mol. The van der Waals surface area contributed by atoms with Crippen LogP contribution in [0.25, 0.3) is 11.3 Å². The fraction of sp³-hybridized carbons (Fsp3) is 0. The van der Waals surface area contributed by atoms with Gasteiger partial charge < -0.3 is 9.52 Å². The number of carbonyl (C=O) groups is 1. The van der Waals surface area contributed by atoms with Gasteiger partial charge in [0.25, 0.3) is 5.91 Å². The Morgan fingerprint density at radius 3 is 2.46 bits per heavy atom. The molecule has 0 saturated heterocycles. The van der Waals surface area contributed by atoms with Gasteiger partial charge in [-0.2, -0.15) is 5.10 Å². The minimum atomic E-state index is -0.379. The molecule has 120 valence electrons. The second kappa shape index (κ2) is 7.02. The molecule has 1 aromatic heterocycles. The molecule has 3 aromatic rings. The summed E-state index contributed by atoms with van der Waals surface area (Å²) in [6.07, 6.45) is 1.41. The molecule has 0 aliphatic carbocycles. The summed E-state index contributed by atoms with van der Waals surface area (Å²) in [4.78, 5) is 11.9. The SMILES string of the molecule is O=C(N/N=C\c1ccc(-c2ccc(Cl)cc2)o1)c1ccc(O)cc1. The Morgan fingerprint density at radius 2 is 1.75 bits per heavy atom. The van der Waals surface area contributed by atoms with Crippen molar-refractivity contribution in [2.24, 2.45) is 5.10 Å². The van der Waals surface area contributed by atoms with Crippen molar-refractivity contribution < 1.29 is 14.3 Å². The summed E-state index contributed by atoms with van der Waals surface area (Å²) >= 11 is 5.86. The topological polar surface area (TPSA) is 74.8 Å². The molecule has 0 spiro atoms. The van der Waals surface area contributed by atoms with E-state index < -0.39 is 0 Å². The van der Waals surface area contributed by atoms with Gasteiger partial charge in [0.05, 0.1) is 6.21 Å². The lowest BCUT2D eigenvalue weighted by atomic mass is 10.2. The maximum atomic E-state index is 11.9. The van der Waals surface area contributed by atoms with Crippen molar-refractivity contribution in [1.29, 1.82) is 0 Å². The fourth-order valence-corrected chi connectivity index (χ4v) is 2.15. The minimum absolute atomic E-state index is 0.0976. The molecule has 1 amide bonds. The molecule has 2 N–H and O–H groups in total. The summed E-state index contributed by atoms with van der Waals surface area (Å²) < 4.78 is 5.64. The van der Waals surface area contributed by atoms with Gasteiger partial charge in [0.15, 0.2) is 0 Å². The van der Waals surface area contributed by atoms with Crippen LogP contribution in [0.5, 0.6) is 5.75 Å². The normalized spacial score (nSPS) is 10.9. The van der Waals surface area contributed by atoms with Gasteiger partial charge in [-0.05, 0) is 60.7 Å². The zero-order valence-corrected chi connectivity index (χ0v) is 13.2. The Kier molecular flexibility index (Phi) is 4.63. The number of furan rings is 1. The maximum absolute atomic E-state index is 11.9. The molecular formula is C18H13ClN2O3. The average Bonchev–Trinajstić information content (AvgIpc) is 3.05. The third-order valence-corrected chi connectivity index (χ3v) is 3.49. The Bertz CT molecular complexity index is 868. The number of phenols is 1. The molecule has 0 atom stereocenters. The van der Waals surface area contributed by atoms with Crippen molar-refractivity contribution in [1.82, 2.24) is 5.43 Å². The molecule has 0 aliphatic heterocycles. The number of hydrazone groups is 1. The van der Waals surface area contributed by atoms with E-state index in [0.29, 0.717) is 22.1 Å². The number of nitrogens with zero attached hydrogens (tertiary/aromatic N) is 1. The van der Waals surface area contributed by atoms with Crippen LogP contribution in [0.4, 0.5) is 0 Å². The van der Waals surface area contributed by atoms with E-state index in [0.717, 1.165) is 5.56 Å². The van der Waals surface area contributed by atoms with Crippen LogP contribution in [0.1, 0.15) is 16.1 Å². The quantitative estimate of drug-likeness (QED) is 0.555. The van der Waals surface area contributed by atoms with E-state index in [2.05, 4.69) is 10.5 Å². The molecular weight excluding hydrogens is 328 g/mol. The molecule has 6 heteroatoms. The van der Waals surface area contributed by atoms with Crippen LogP contribution in [0.15, 0.2) is 70.2 Å². The number of rotatable bonds is 4. The molecule has 24 heavy (non-hydrogen) atoms. The number of benzene rings is 2. The van der Waals surface area contributed by atoms with Gasteiger partial charge in [0.1, 0.15) is 17.3 Å². The zero-order chi connectivity index (χ0) is 16.9. The Hall–Kier alpha value is -3.05. The van der Waals surface area contributed by atoms with Crippen molar-refractivity contribution in [2.75, 3.05) is 0 Å². The molecule has 0 bridgehead atoms. The first-order valence-corrected chi connectivity index (χ1v) is 7.48. The first kappa shape index (κ1) is 15.8. The lowest BCUT2D eigenvalue weighted by Crippen LogP contribution is -2.17. The van der Waals surface area contributed by atoms with Gasteiger partial charge in [-0.25, -0.2) is 5.43 Å². The fourth-order valence-electron chi connectivity index (χ4n) is 2.02. The van der Waals surface area contributed by atoms with E-state index in [9.17, 15) is 9.90 Å². The lowest BCUT2D eigenvalue weighted by Gasteiger charge is -1.99. The van der Waals surface area contributed by atoms with E-state index >= 15 is 0 Å². The number of nitrogens with one attached hydrogen (secondary N) is 1. The Morgan fingerprint density at radius 1 is 1.04 bits per heavy atom. The van der Waals surface area contributed by atoms with Crippen LogP contribution in [-0.4, -0.2) is 17.2 Å². The zero-order valence-electron chi connectivity index (χ0n) is 12.4. The van der Waals surface area contributed by atoms with E-state index in [1.54, 1.807) is 18.2 Å². The highest BCUT2D eigenvalue weighted by Crippen LogP contribution is 2.23. The van der Waals surface area contributed by atoms with Crippen molar-refractivity contribution >= 4 is 23.7 Å². The summed E-state index contributed by atoms with van der Waals surface area (Å²) in [5.74, 6) is 0.903. The number of amides is 1. The number of aromatic hydroxyl groups is 1. The first-order valence-electron chi connectivity index (χ1n) is 7.10. The smallest absolute Gasteiger partial charge is 0.271 e. The molecule has 0 unspecified atom stereocenters. The lowest BCUT2D eigenvalue weighted by molar-refractivity contribution is 0.0955. The maximum Gasteiger partial charge on any atom is 0.271 e. The van der Waals surface area contributed by atoms with Crippen LogP contribution in [0.3, 0.4) is 0 Å². The molecule has 0 radical (unpaired) electrons. The summed E-state index contributed by atoms with van der Waals surface area (Å²) in [5, 5.41) is 13.7. The summed E-state index contributed by atoms with van der Waals surface area (Å²) in [5.41, 5.74) is 3.69. The standard InChI is InChI=1S/C18H13ClN2O3/c19-14-5-1-12(2-6-14)17-10-9-16(24-17)11-20-21-18(23)13-3-7-15(22)8-4-13/h1-11,22H,(H,21,23)/b20-11-. The van der Waals surface area contributed by atoms with Crippen molar-refractivity contribution in [3.05, 3.63) is 77.0 Å². The van der Waals surface area contributed by atoms with Crippen LogP contribution < -0.4 is 5.43 Å². The van der Waals surface area contributed by atoms with Crippen LogP contribution >= 0.6 is 11.6 Å². The highest BCUT2D eigenvalue weighted by molar-refractivity contribution is 6.30. The van der Waals surface area contributed by atoms with E-state index in [4.69, 9.17) is 16.0 Å². The molecule has 0 fully saturated rings. The predicted octanol–water partition coefficient (Wildman–Crippen LogP) is 4.07. The van der Waals surface area contributed by atoms with Crippen LogP contribution in [0.2, 0.25) is 5.02 Å². The molecule has 1 heterocycles. The van der Waals surface area contributed by atoms with Gasteiger partial charge in [-0.15, -0.1) is 0 Å². The minimum Gasteiger partial charge on any atom is -0.508 e. The molecule has 0 saturated carbocycles. The number of hydrogen-bond acceptors (Lipinski definition) is 4. The summed E-state index contributed by atoms with van der Waals surface area (Å²) in [6.45, 7) is 0. The van der Waals surface area contributed by atoms with Crippen molar-refractivity contribution in [2.45, 2.75) is 0 Å². The molecule has 0 aliphatic rings. The molecule has 3 rings (SSSR count). The second-order valence-electron chi connectivity index (χ2n) is 4.95. The highest BCUT2D eigenvalue weighted by atomic mass is 35.5. The number of carbonyl (C=O) groups excluding carboxylic acids is 1. The Labute approximate surface area is 143 Å². The van der Waals surface area contributed by atoms with Gasteiger partial charge in [-0.3, -0.25) is 4.79 Å². The van der Waals surface area contributed by atoms with Crippen LogP contribution in [0, 0.1) is 0 Å². The average molecular weight is 341 g/mol. The number of hydrogen-bond donors (Lipinski definition) is 2. The third kappa shape index (κ3) is 3.83. The van der Waals surface area contributed by atoms with E-state index in [-0.39, 0.29) is 11.7 Å². The van der Waals surface area contributed by atoms with Crippen molar-refractivity contribution in [3.63, 3.8) is 0 Å². The summed E-state index contributed by atoms with van der Waals surface area (Å²) in [6, 6.07) is 16.7.